The summed E-state index contributed by atoms with van der Waals surface area (Å²) in [6.07, 6.45) is 0. The Kier molecular flexibility index (Phi) is 2.53. The number of nitrogens with zero attached hydrogens (tertiary/aromatic N) is 1. The van der Waals surface area contributed by atoms with Crippen molar-refractivity contribution in [3.8, 4) is 17.4 Å². The lowest BCUT2D eigenvalue weighted by molar-refractivity contribution is 0.248. The number of aliphatic hydroxyl groups excluding tert-OH is 1. The molecule has 0 aliphatic carbocycles. The van der Waals surface area contributed by atoms with Crippen molar-refractivity contribution in [1.29, 1.82) is 5.26 Å². The van der Waals surface area contributed by atoms with Gasteiger partial charge in [0.25, 0.3) is 0 Å². The van der Waals surface area contributed by atoms with Crippen LogP contribution in [0.25, 0.3) is 11.3 Å². The largest absolute Gasteiger partial charge is 0.457 e. The van der Waals surface area contributed by atoms with Crippen LogP contribution in [0.15, 0.2) is 40.8 Å². The van der Waals surface area contributed by atoms with Crippen LogP contribution in [0.2, 0.25) is 0 Å². The van der Waals surface area contributed by atoms with E-state index in [1.54, 1.807) is 6.07 Å². The minimum Gasteiger partial charge on any atom is -0.457 e. The van der Waals surface area contributed by atoms with Crippen molar-refractivity contribution in [1.82, 2.24) is 0 Å². The Balaban J connectivity index is 2.53. The van der Waals surface area contributed by atoms with Crippen LogP contribution in [0.1, 0.15) is 11.3 Å². The number of furan rings is 1. The highest BCUT2D eigenvalue weighted by molar-refractivity contribution is 5.65. The normalized spacial score (nSPS) is 9.87. The van der Waals surface area contributed by atoms with Crippen LogP contribution in [-0.4, -0.2) is 5.11 Å². The highest BCUT2D eigenvalue weighted by atomic mass is 16.4. The van der Waals surface area contributed by atoms with Gasteiger partial charge in [-0.05, 0) is 0 Å². The number of hydrogen-bond donors (Lipinski definition) is 1. The second-order valence-electron chi connectivity index (χ2n) is 3.09. The topological polar surface area (TPSA) is 57.2 Å². The average Bonchev–Trinajstić information content (AvgIpc) is 2.73. The molecule has 0 amide bonds. The van der Waals surface area contributed by atoms with E-state index in [-0.39, 0.29) is 6.61 Å². The molecule has 0 aliphatic heterocycles. The third kappa shape index (κ3) is 1.76. The number of hydrogen-bond acceptors (Lipinski definition) is 3. The summed E-state index contributed by atoms with van der Waals surface area (Å²) >= 11 is 0. The molecule has 1 N–H and O–H groups in total. The molecule has 0 saturated carbocycles. The quantitative estimate of drug-likeness (QED) is 0.807. The number of benzene rings is 1. The Morgan fingerprint density at radius 2 is 2.00 bits per heavy atom. The third-order valence-corrected chi connectivity index (χ3v) is 2.10. The molecule has 3 nitrogen and oxygen atoms in total. The van der Waals surface area contributed by atoms with E-state index in [0.717, 1.165) is 5.56 Å². The van der Waals surface area contributed by atoms with Crippen LogP contribution >= 0.6 is 0 Å². The summed E-state index contributed by atoms with van der Waals surface area (Å²) in [4.78, 5) is 0. The molecule has 0 radical (unpaired) electrons. The molecule has 0 bridgehead atoms. The molecule has 1 aromatic heterocycles. The zero-order valence-corrected chi connectivity index (χ0v) is 7.97. The number of aliphatic hydroxyl groups is 1. The molecule has 1 heterocycles. The second kappa shape index (κ2) is 3.99. The smallest absolute Gasteiger partial charge is 0.152 e. The molecule has 0 atom stereocenters. The van der Waals surface area contributed by atoms with Gasteiger partial charge in [0.1, 0.15) is 18.4 Å². The van der Waals surface area contributed by atoms with Crippen molar-refractivity contribution < 1.29 is 9.52 Å². The Hall–Kier alpha value is -2.05. The van der Waals surface area contributed by atoms with Crippen LogP contribution in [-0.2, 0) is 6.61 Å². The van der Waals surface area contributed by atoms with Crippen molar-refractivity contribution in [3.63, 3.8) is 0 Å². The van der Waals surface area contributed by atoms with Crippen LogP contribution in [0.5, 0.6) is 0 Å². The first-order chi connectivity index (χ1) is 7.35. The van der Waals surface area contributed by atoms with Crippen molar-refractivity contribution in [2.75, 3.05) is 0 Å². The highest BCUT2D eigenvalue weighted by Crippen LogP contribution is 2.26. The Labute approximate surface area is 87.2 Å². The first-order valence-corrected chi connectivity index (χ1v) is 4.54. The van der Waals surface area contributed by atoms with E-state index in [4.69, 9.17) is 14.8 Å². The number of nitriles is 1. The summed E-state index contributed by atoms with van der Waals surface area (Å²) in [6.45, 7) is -0.193. The molecule has 0 unspecified atom stereocenters. The van der Waals surface area contributed by atoms with Gasteiger partial charge < -0.3 is 9.52 Å². The molecule has 15 heavy (non-hydrogen) atoms. The fourth-order valence-electron chi connectivity index (χ4n) is 1.41. The maximum absolute atomic E-state index is 8.91. The van der Waals surface area contributed by atoms with E-state index in [0.29, 0.717) is 17.1 Å². The van der Waals surface area contributed by atoms with Gasteiger partial charge >= 0.3 is 0 Å². The lowest BCUT2D eigenvalue weighted by Crippen LogP contribution is -1.76. The van der Waals surface area contributed by atoms with Gasteiger partial charge in [-0.15, -0.1) is 0 Å². The maximum Gasteiger partial charge on any atom is 0.152 e. The molecule has 0 aliphatic rings. The molecule has 0 fully saturated rings. The summed E-state index contributed by atoms with van der Waals surface area (Å²) in [6, 6.07) is 13.0. The molecule has 1 aromatic carbocycles. The molecule has 2 aromatic rings. The second-order valence-corrected chi connectivity index (χ2v) is 3.09. The van der Waals surface area contributed by atoms with Gasteiger partial charge in [-0.1, -0.05) is 30.3 Å². The minimum absolute atomic E-state index is 0.193. The van der Waals surface area contributed by atoms with Gasteiger partial charge in [-0.3, -0.25) is 0 Å². The van der Waals surface area contributed by atoms with E-state index in [2.05, 4.69) is 0 Å². The fourth-order valence-corrected chi connectivity index (χ4v) is 1.41. The van der Waals surface area contributed by atoms with Gasteiger partial charge in [0.2, 0.25) is 0 Å². The highest BCUT2D eigenvalue weighted by Gasteiger charge is 2.11. The van der Waals surface area contributed by atoms with Crippen molar-refractivity contribution >= 4 is 0 Å². The first-order valence-electron chi connectivity index (χ1n) is 4.54. The standard InChI is InChI=1S/C12H9NO2/c13-7-10-6-11(8-14)15-12(10)9-4-2-1-3-5-9/h1-6,14H,8H2. The number of rotatable bonds is 2. The average molecular weight is 199 g/mol. The van der Waals surface area contributed by atoms with Gasteiger partial charge in [0.05, 0.1) is 5.56 Å². The van der Waals surface area contributed by atoms with E-state index < -0.39 is 0 Å². The molecular weight excluding hydrogens is 190 g/mol. The van der Waals surface area contributed by atoms with E-state index in [1.807, 2.05) is 36.4 Å². The predicted molar refractivity (Wildman–Crippen MR) is 54.8 cm³/mol. The third-order valence-electron chi connectivity index (χ3n) is 2.10. The zero-order valence-electron chi connectivity index (χ0n) is 7.97. The maximum atomic E-state index is 8.91. The summed E-state index contributed by atoms with van der Waals surface area (Å²) in [5.74, 6) is 0.924. The molecular formula is C12H9NO2. The van der Waals surface area contributed by atoms with Gasteiger partial charge in [0.15, 0.2) is 5.76 Å². The van der Waals surface area contributed by atoms with Crippen LogP contribution < -0.4 is 0 Å². The van der Waals surface area contributed by atoms with E-state index >= 15 is 0 Å². The molecule has 3 heteroatoms. The van der Waals surface area contributed by atoms with Gasteiger partial charge in [0, 0.05) is 11.6 Å². The van der Waals surface area contributed by atoms with Gasteiger partial charge in [-0.25, -0.2) is 0 Å². The fraction of sp³-hybridized carbons (Fsp3) is 0.0833. The first kappa shape index (κ1) is 9.50. The zero-order chi connectivity index (χ0) is 10.7. The molecule has 2 rings (SSSR count). The SMILES string of the molecule is N#Cc1cc(CO)oc1-c1ccccc1. The van der Waals surface area contributed by atoms with Crippen LogP contribution in [0.4, 0.5) is 0 Å². The summed E-state index contributed by atoms with van der Waals surface area (Å²) in [7, 11) is 0. The molecule has 0 saturated heterocycles. The van der Waals surface area contributed by atoms with Crippen molar-refractivity contribution in [2.24, 2.45) is 0 Å². The Bertz CT molecular complexity index is 494. The molecule has 74 valence electrons. The lowest BCUT2D eigenvalue weighted by atomic mass is 10.1. The van der Waals surface area contributed by atoms with Gasteiger partial charge in [-0.2, -0.15) is 5.26 Å². The van der Waals surface area contributed by atoms with Crippen LogP contribution in [0, 0.1) is 11.3 Å². The minimum atomic E-state index is -0.193. The van der Waals surface area contributed by atoms with E-state index in [1.165, 1.54) is 0 Å². The Morgan fingerprint density at radius 3 is 2.60 bits per heavy atom. The predicted octanol–water partition coefficient (Wildman–Crippen LogP) is 2.31. The summed E-state index contributed by atoms with van der Waals surface area (Å²) < 4.78 is 5.37. The molecule has 0 spiro atoms. The van der Waals surface area contributed by atoms with Crippen molar-refractivity contribution in [3.05, 3.63) is 47.7 Å². The summed E-state index contributed by atoms with van der Waals surface area (Å²) in [5.41, 5.74) is 1.29. The van der Waals surface area contributed by atoms with Crippen LogP contribution in [0.3, 0.4) is 0 Å². The lowest BCUT2D eigenvalue weighted by Gasteiger charge is -1.96. The summed E-state index contributed by atoms with van der Waals surface area (Å²) in [5, 5.41) is 17.8. The monoisotopic (exact) mass is 199 g/mol. The van der Waals surface area contributed by atoms with E-state index in [9.17, 15) is 0 Å². The Morgan fingerprint density at radius 1 is 1.27 bits per heavy atom. The van der Waals surface area contributed by atoms with Crippen molar-refractivity contribution in [2.45, 2.75) is 6.61 Å².